The first-order chi connectivity index (χ1) is 12.5. The molecule has 4 aromatic rings. The molecule has 0 aliphatic rings. The molecule has 0 aliphatic carbocycles. The molecular formula is C18H18N6OS. The fraction of sp³-hybridized carbons (Fsp3) is 0.222. The normalized spacial score (nSPS) is 12.4. The number of aromatic amines is 1. The standard InChI is InChI=1S/C18H18N6OS/c1-10-6-4-5-7-13(10)14-8-24-15(9-26-18(24)21-14)17(25)19-11(2)16-20-12(3)22-23-16/h4-9,11H,1-3H3,(H,19,25)(H,20,22,23). The van der Waals surface area contributed by atoms with Crippen molar-refractivity contribution in [2.75, 3.05) is 0 Å². The van der Waals surface area contributed by atoms with Gasteiger partial charge in [0.05, 0.1) is 11.7 Å². The third-order valence-electron chi connectivity index (χ3n) is 4.21. The Morgan fingerprint density at radius 3 is 2.81 bits per heavy atom. The second kappa shape index (κ2) is 6.38. The number of carbonyl (C=O) groups is 1. The molecule has 0 spiro atoms. The van der Waals surface area contributed by atoms with Crippen LogP contribution in [0.25, 0.3) is 16.2 Å². The Kier molecular flexibility index (Phi) is 4.04. The fourth-order valence-electron chi connectivity index (χ4n) is 2.83. The van der Waals surface area contributed by atoms with Gasteiger partial charge in [-0.2, -0.15) is 5.10 Å². The summed E-state index contributed by atoms with van der Waals surface area (Å²) < 4.78 is 1.83. The van der Waals surface area contributed by atoms with Gasteiger partial charge in [0.15, 0.2) is 10.8 Å². The number of rotatable bonds is 4. The van der Waals surface area contributed by atoms with Gasteiger partial charge in [0.25, 0.3) is 5.91 Å². The summed E-state index contributed by atoms with van der Waals surface area (Å²) in [5.74, 6) is 1.10. The maximum Gasteiger partial charge on any atom is 0.269 e. The predicted octanol–water partition coefficient (Wildman–Crippen LogP) is 3.29. The number of hydrogen-bond acceptors (Lipinski definition) is 5. The summed E-state index contributed by atoms with van der Waals surface area (Å²) in [5.41, 5.74) is 3.63. The number of amides is 1. The number of thiazole rings is 1. The van der Waals surface area contributed by atoms with Crippen LogP contribution in [0.4, 0.5) is 0 Å². The van der Waals surface area contributed by atoms with Crippen molar-refractivity contribution in [3.63, 3.8) is 0 Å². The Morgan fingerprint density at radius 2 is 2.08 bits per heavy atom. The van der Waals surface area contributed by atoms with Crippen molar-refractivity contribution in [3.8, 4) is 11.3 Å². The molecule has 3 heterocycles. The number of aromatic nitrogens is 5. The maximum atomic E-state index is 12.7. The average Bonchev–Trinajstić information content (AvgIpc) is 3.30. The number of hydrogen-bond donors (Lipinski definition) is 2. The van der Waals surface area contributed by atoms with Crippen LogP contribution in [-0.4, -0.2) is 30.5 Å². The van der Waals surface area contributed by atoms with Crippen molar-refractivity contribution in [3.05, 3.63) is 58.7 Å². The lowest BCUT2D eigenvalue weighted by atomic mass is 10.1. The number of aryl methyl sites for hydroxylation is 2. The molecule has 0 aliphatic heterocycles. The Balaban J connectivity index is 1.62. The molecule has 0 fully saturated rings. The number of H-pyrrole nitrogens is 1. The van der Waals surface area contributed by atoms with Gasteiger partial charge in [-0.15, -0.1) is 11.3 Å². The van der Waals surface area contributed by atoms with E-state index in [2.05, 4.69) is 38.5 Å². The van der Waals surface area contributed by atoms with Crippen LogP contribution in [0, 0.1) is 13.8 Å². The molecule has 0 saturated heterocycles. The minimum atomic E-state index is -0.290. The zero-order valence-electron chi connectivity index (χ0n) is 14.6. The van der Waals surface area contributed by atoms with Gasteiger partial charge in [0.1, 0.15) is 11.5 Å². The van der Waals surface area contributed by atoms with E-state index in [9.17, 15) is 4.79 Å². The third kappa shape index (κ3) is 2.88. The van der Waals surface area contributed by atoms with Gasteiger partial charge in [-0.1, -0.05) is 24.3 Å². The van der Waals surface area contributed by atoms with Gasteiger partial charge in [-0.25, -0.2) is 9.97 Å². The molecule has 2 N–H and O–H groups in total. The van der Waals surface area contributed by atoms with Crippen LogP contribution >= 0.6 is 11.3 Å². The van der Waals surface area contributed by atoms with Crippen molar-refractivity contribution < 1.29 is 4.79 Å². The van der Waals surface area contributed by atoms with Gasteiger partial charge in [-0.3, -0.25) is 14.3 Å². The molecule has 0 bridgehead atoms. The zero-order valence-corrected chi connectivity index (χ0v) is 15.5. The molecule has 1 aromatic carbocycles. The second-order valence-corrected chi connectivity index (χ2v) is 7.03. The largest absolute Gasteiger partial charge is 0.341 e. The van der Waals surface area contributed by atoms with E-state index in [4.69, 9.17) is 0 Å². The monoisotopic (exact) mass is 366 g/mol. The molecular weight excluding hydrogens is 348 g/mol. The van der Waals surface area contributed by atoms with Crippen LogP contribution in [0.15, 0.2) is 35.8 Å². The number of nitrogens with zero attached hydrogens (tertiary/aromatic N) is 4. The number of imidazole rings is 1. The first-order valence-corrected chi connectivity index (χ1v) is 9.13. The minimum absolute atomic E-state index is 0.181. The first kappa shape index (κ1) is 16.5. The van der Waals surface area contributed by atoms with Crippen molar-refractivity contribution in [2.24, 2.45) is 0 Å². The third-order valence-corrected chi connectivity index (χ3v) is 5.05. The number of carbonyl (C=O) groups excluding carboxylic acids is 1. The Labute approximate surface area is 154 Å². The van der Waals surface area contributed by atoms with Crippen molar-refractivity contribution in [1.29, 1.82) is 0 Å². The fourth-order valence-corrected chi connectivity index (χ4v) is 3.68. The maximum absolute atomic E-state index is 12.7. The highest BCUT2D eigenvalue weighted by Crippen LogP contribution is 2.26. The Bertz CT molecular complexity index is 1090. The van der Waals surface area contributed by atoms with Crippen LogP contribution in [0.2, 0.25) is 0 Å². The van der Waals surface area contributed by atoms with Crippen molar-refractivity contribution in [2.45, 2.75) is 26.8 Å². The van der Waals surface area contributed by atoms with E-state index in [0.29, 0.717) is 11.5 Å². The molecule has 0 radical (unpaired) electrons. The topological polar surface area (TPSA) is 88.0 Å². The summed E-state index contributed by atoms with van der Waals surface area (Å²) in [4.78, 5) is 22.4. The Hall–Kier alpha value is -3.00. The summed E-state index contributed by atoms with van der Waals surface area (Å²) in [7, 11) is 0. The second-order valence-electron chi connectivity index (χ2n) is 6.19. The van der Waals surface area contributed by atoms with Gasteiger partial charge in [-0.05, 0) is 26.3 Å². The molecule has 4 rings (SSSR count). The molecule has 8 heteroatoms. The van der Waals surface area contributed by atoms with E-state index >= 15 is 0 Å². The van der Waals surface area contributed by atoms with Crippen LogP contribution in [0.3, 0.4) is 0 Å². The van der Waals surface area contributed by atoms with Crippen LogP contribution in [0.5, 0.6) is 0 Å². The van der Waals surface area contributed by atoms with Crippen molar-refractivity contribution >= 4 is 22.2 Å². The molecule has 7 nitrogen and oxygen atoms in total. The number of fused-ring (bicyclic) bond motifs is 1. The lowest BCUT2D eigenvalue weighted by molar-refractivity contribution is 0.0932. The van der Waals surface area contributed by atoms with Gasteiger partial charge >= 0.3 is 0 Å². The average molecular weight is 366 g/mol. The first-order valence-electron chi connectivity index (χ1n) is 8.25. The quantitative estimate of drug-likeness (QED) is 0.580. The molecule has 3 aromatic heterocycles. The lowest BCUT2D eigenvalue weighted by Gasteiger charge is -2.09. The predicted molar refractivity (Wildman–Crippen MR) is 100 cm³/mol. The summed E-state index contributed by atoms with van der Waals surface area (Å²) in [6.45, 7) is 5.74. The van der Waals surface area contributed by atoms with Gasteiger partial charge in [0.2, 0.25) is 0 Å². The van der Waals surface area contributed by atoms with E-state index in [1.807, 2.05) is 48.0 Å². The van der Waals surface area contributed by atoms with E-state index < -0.39 is 0 Å². The zero-order chi connectivity index (χ0) is 18.3. The van der Waals surface area contributed by atoms with Crippen LogP contribution in [0.1, 0.15) is 40.7 Å². The molecule has 1 amide bonds. The lowest BCUT2D eigenvalue weighted by Crippen LogP contribution is -2.28. The number of nitrogens with one attached hydrogen (secondary N) is 2. The molecule has 132 valence electrons. The van der Waals surface area contributed by atoms with E-state index in [-0.39, 0.29) is 11.9 Å². The van der Waals surface area contributed by atoms with Gasteiger partial charge in [0, 0.05) is 17.1 Å². The van der Waals surface area contributed by atoms with E-state index in [1.165, 1.54) is 11.3 Å². The summed E-state index contributed by atoms with van der Waals surface area (Å²) >= 11 is 1.44. The molecule has 1 unspecified atom stereocenters. The smallest absolute Gasteiger partial charge is 0.269 e. The highest BCUT2D eigenvalue weighted by atomic mass is 32.1. The Morgan fingerprint density at radius 1 is 1.27 bits per heavy atom. The summed E-state index contributed by atoms with van der Waals surface area (Å²) in [6, 6.07) is 7.79. The highest BCUT2D eigenvalue weighted by Gasteiger charge is 2.19. The SMILES string of the molecule is Cc1nc(C(C)NC(=O)c2csc3nc(-c4ccccc4C)cn23)n[nH]1. The summed E-state index contributed by atoms with van der Waals surface area (Å²) in [5, 5.41) is 11.6. The molecule has 0 saturated carbocycles. The minimum Gasteiger partial charge on any atom is -0.341 e. The molecule has 26 heavy (non-hydrogen) atoms. The van der Waals surface area contributed by atoms with Crippen LogP contribution < -0.4 is 5.32 Å². The van der Waals surface area contributed by atoms with E-state index in [1.54, 1.807) is 0 Å². The molecule has 1 atom stereocenters. The van der Waals surface area contributed by atoms with E-state index in [0.717, 1.165) is 27.6 Å². The number of benzene rings is 1. The van der Waals surface area contributed by atoms with Gasteiger partial charge < -0.3 is 5.32 Å². The summed E-state index contributed by atoms with van der Waals surface area (Å²) in [6.07, 6.45) is 1.91. The van der Waals surface area contributed by atoms with Crippen molar-refractivity contribution in [1.82, 2.24) is 29.9 Å². The van der Waals surface area contributed by atoms with Crippen LogP contribution in [-0.2, 0) is 0 Å². The highest BCUT2D eigenvalue weighted by molar-refractivity contribution is 7.15.